The van der Waals surface area contributed by atoms with Crippen molar-refractivity contribution < 1.29 is 24.3 Å². The summed E-state index contributed by atoms with van der Waals surface area (Å²) in [6, 6.07) is 1.54. The van der Waals surface area contributed by atoms with E-state index in [1.807, 2.05) is 6.92 Å². The number of hydrogen-bond acceptors (Lipinski definition) is 4. The summed E-state index contributed by atoms with van der Waals surface area (Å²) in [5.74, 6) is -0.297. The fraction of sp³-hybridized carbons (Fsp3) is 0.600. The van der Waals surface area contributed by atoms with E-state index in [1.165, 1.54) is 12.8 Å². The van der Waals surface area contributed by atoms with Gasteiger partial charge in [-0.05, 0) is 25.9 Å². The first-order valence-corrected chi connectivity index (χ1v) is 7.37. The zero-order chi connectivity index (χ0) is 15.2. The summed E-state index contributed by atoms with van der Waals surface area (Å²) in [6.07, 6.45) is 4.21. The quantitative estimate of drug-likeness (QED) is 0.732. The molecule has 116 valence electrons. The molecule has 0 aromatic carbocycles. The van der Waals surface area contributed by atoms with Crippen molar-refractivity contribution in [3.63, 3.8) is 0 Å². The molecular formula is C15H23N2O4+. The van der Waals surface area contributed by atoms with E-state index in [0.717, 1.165) is 25.3 Å². The average molecular weight is 295 g/mol. The number of aryl methyl sites for hydroxylation is 1. The van der Waals surface area contributed by atoms with Crippen molar-refractivity contribution in [1.82, 2.24) is 4.90 Å². The molecular weight excluding hydrogens is 272 g/mol. The van der Waals surface area contributed by atoms with Gasteiger partial charge in [-0.15, -0.1) is 0 Å². The number of hydrogen-bond donors (Lipinski definition) is 2. The number of aromatic nitrogens is 1. The van der Waals surface area contributed by atoms with Gasteiger partial charge in [-0.2, -0.15) is 4.57 Å². The predicted molar refractivity (Wildman–Crippen MR) is 76.5 cm³/mol. The van der Waals surface area contributed by atoms with Crippen LogP contribution in [0, 0.1) is 6.92 Å². The number of aromatic hydroxyl groups is 1. The maximum Gasteiger partial charge on any atom is 0.309 e. The second-order valence-electron chi connectivity index (χ2n) is 5.35. The predicted octanol–water partition coefficient (Wildman–Crippen LogP) is 0.937. The molecule has 0 unspecified atom stereocenters. The number of aliphatic carboxylic acids is 1. The standard InChI is InChI=1S/C15H22N2O4/c1-12-15(21-11-10-16-6-2-3-7-16)13(18)4-8-17(12)9-5-14(19)20/h4,8H,2-3,5-7,9-11H2,1H3,(H,19,20)/p+1. The van der Waals surface area contributed by atoms with E-state index in [0.29, 0.717) is 18.9 Å². The van der Waals surface area contributed by atoms with Crippen LogP contribution >= 0.6 is 0 Å². The van der Waals surface area contributed by atoms with Gasteiger partial charge in [-0.25, -0.2) is 0 Å². The first kappa shape index (κ1) is 15.6. The monoisotopic (exact) mass is 295 g/mol. The average Bonchev–Trinajstić information content (AvgIpc) is 2.94. The lowest BCUT2D eigenvalue weighted by atomic mass is 10.3. The molecule has 0 atom stereocenters. The molecule has 2 rings (SSSR count). The summed E-state index contributed by atoms with van der Waals surface area (Å²) in [4.78, 5) is 13.0. The molecule has 1 aliphatic heterocycles. The van der Waals surface area contributed by atoms with Crippen LogP contribution in [0.5, 0.6) is 11.5 Å². The van der Waals surface area contributed by atoms with Gasteiger partial charge >= 0.3 is 5.97 Å². The Kier molecular flexibility index (Phi) is 5.38. The van der Waals surface area contributed by atoms with Crippen molar-refractivity contribution in [2.75, 3.05) is 26.2 Å². The molecule has 0 amide bonds. The Morgan fingerprint density at radius 3 is 2.81 bits per heavy atom. The second-order valence-corrected chi connectivity index (χ2v) is 5.35. The highest BCUT2D eigenvalue weighted by Gasteiger charge is 2.19. The topological polar surface area (TPSA) is 73.9 Å². The smallest absolute Gasteiger partial charge is 0.309 e. The summed E-state index contributed by atoms with van der Waals surface area (Å²) in [5.41, 5.74) is 0.748. The number of carbonyl (C=O) groups is 1. The Bertz CT molecular complexity index is 499. The van der Waals surface area contributed by atoms with Gasteiger partial charge in [0.15, 0.2) is 18.5 Å². The summed E-state index contributed by atoms with van der Waals surface area (Å²) < 4.78 is 7.51. The molecule has 1 aromatic rings. The van der Waals surface area contributed by atoms with E-state index in [1.54, 1.807) is 16.8 Å². The number of rotatable bonds is 7. The molecule has 0 bridgehead atoms. The Morgan fingerprint density at radius 1 is 1.43 bits per heavy atom. The molecule has 0 aliphatic carbocycles. The molecule has 2 heterocycles. The van der Waals surface area contributed by atoms with Gasteiger partial charge < -0.3 is 14.9 Å². The Labute approximate surface area is 124 Å². The molecule has 1 aromatic heterocycles. The van der Waals surface area contributed by atoms with Crippen molar-refractivity contribution in [3.05, 3.63) is 18.0 Å². The van der Waals surface area contributed by atoms with E-state index >= 15 is 0 Å². The van der Waals surface area contributed by atoms with Crippen LogP contribution < -0.4 is 9.30 Å². The van der Waals surface area contributed by atoms with E-state index < -0.39 is 5.97 Å². The SMILES string of the molecule is Cc1c(OCCN2CCCC2)c(O)cc[n+]1CCC(=O)O. The third-order valence-electron chi connectivity index (χ3n) is 3.82. The molecule has 1 fully saturated rings. The maximum atomic E-state index is 10.7. The van der Waals surface area contributed by atoms with E-state index in [4.69, 9.17) is 9.84 Å². The lowest BCUT2D eigenvalue weighted by Crippen LogP contribution is -2.38. The maximum absolute atomic E-state index is 10.7. The van der Waals surface area contributed by atoms with Gasteiger partial charge in [0.2, 0.25) is 11.4 Å². The van der Waals surface area contributed by atoms with Crippen molar-refractivity contribution in [1.29, 1.82) is 0 Å². The molecule has 2 N–H and O–H groups in total. The zero-order valence-electron chi connectivity index (χ0n) is 12.4. The first-order valence-electron chi connectivity index (χ1n) is 7.37. The third-order valence-corrected chi connectivity index (χ3v) is 3.82. The van der Waals surface area contributed by atoms with Crippen LogP contribution in [0.15, 0.2) is 12.3 Å². The minimum atomic E-state index is -0.841. The molecule has 1 saturated heterocycles. The Morgan fingerprint density at radius 2 is 2.14 bits per heavy atom. The highest BCUT2D eigenvalue weighted by Crippen LogP contribution is 2.26. The molecule has 0 spiro atoms. The van der Waals surface area contributed by atoms with Gasteiger partial charge in [0, 0.05) is 19.5 Å². The van der Waals surface area contributed by atoms with Crippen molar-refractivity contribution in [2.24, 2.45) is 0 Å². The molecule has 0 radical (unpaired) electrons. The lowest BCUT2D eigenvalue weighted by molar-refractivity contribution is -0.702. The number of carboxylic acid groups (broad SMARTS) is 1. The Hall–Kier alpha value is -1.82. The number of nitrogens with zero attached hydrogens (tertiary/aromatic N) is 2. The third kappa shape index (κ3) is 4.32. The largest absolute Gasteiger partial charge is 0.504 e. The fourth-order valence-corrected chi connectivity index (χ4v) is 2.58. The molecule has 0 saturated carbocycles. The number of likely N-dealkylation sites (tertiary alicyclic amines) is 1. The van der Waals surface area contributed by atoms with Gasteiger partial charge in [-0.3, -0.25) is 9.69 Å². The van der Waals surface area contributed by atoms with Crippen LogP contribution in [0.3, 0.4) is 0 Å². The van der Waals surface area contributed by atoms with Crippen LogP contribution in [-0.2, 0) is 11.3 Å². The number of ether oxygens (including phenoxy) is 1. The van der Waals surface area contributed by atoms with Crippen LogP contribution in [0.4, 0.5) is 0 Å². The van der Waals surface area contributed by atoms with Crippen LogP contribution in [-0.4, -0.2) is 47.3 Å². The summed E-state index contributed by atoms with van der Waals surface area (Å²) >= 11 is 0. The van der Waals surface area contributed by atoms with E-state index in [9.17, 15) is 9.90 Å². The van der Waals surface area contributed by atoms with E-state index in [-0.39, 0.29) is 12.2 Å². The number of pyridine rings is 1. The molecule has 6 heteroatoms. The van der Waals surface area contributed by atoms with E-state index in [2.05, 4.69) is 4.90 Å². The Balaban J connectivity index is 1.96. The molecule has 6 nitrogen and oxygen atoms in total. The van der Waals surface area contributed by atoms with Crippen LogP contribution in [0.25, 0.3) is 0 Å². The highest BCUT2D eigenvalue weighted by atomic mass is 16.5. The summed E-state index contributed by atoms with van der Waals surface area (Å²) in [7, 11) is 0. The second kappa shape index (κ2) is 7.26. The minimum Gasteiger partial charge on any atom is -0.504 e. The molecule has 1 aliphatic rings. The normalized spacial score (nSPS) is 15.3. The van der Waals surface area contributed by atoms with Crippen LogP contribution in [0.1, 0.15) is 25.0 Å². The molecule has 21 heavy (non-hydrogen) atoms. The van der Waals surface area contributed by atoms with Gasteiger partial charge in [0.25, 0.3) is 0 Å². The zero-order valence-corrected chi connectivity index (χ0v) is 12.4. The van der Waals surface area contributed by atoms with Gasteiger partial charge in [0.1, 0.15) is 13.0 Å². The van der Waals surface area contributed by atoms with Gasteiger partial charge in [0.05, 0.1) is 0 Å². The summed E-state index contributed by atoms with van der Waals surface area (Å²) in [5, 5.41) is 18.7. The van der Waals surface area contributed by atoms with Crippen molar-refractivity contribution in [2.45, 2.75) is 32.7 Å². The highest BCUT2D eigenvalue weighted by molar-refractivity contribution is 5.66. The van der Waals surface area contributed by atoms with Crippen LogP contribution in [0.2, 0.25) is 0 Å². The number of carboxylic acids is 1. The van der Waals surface area contributed by atoms with Crippen molar-refractivity contribution >= 4 is 5.97 Å². The minimum absolute atomic E-state index is 0.0451. The van der Waals surface area contributed by atoms with Gasteiger partial charge in [-0.1, -0.05) is 0 Å². The lowest BCUT2D eigenvalue weighted by Gasteiger charge is -2.15. The van der Waals surface area contributed by atoms with Crippen molar-refractivity contribution in [3.8, 4) is 11.5 Å². The first-order chi connectivity index (χ1) is 10.1. The summed E-state index contributed by atoms with van der Waals surface area (Å²) in [6.45, 7) is 5.79. The fourth-order valence-electron chi connectivity index (χ4n) is 2.58.